The number of ether oxygens (including phenoxy) is 2. The molecule has 2 aliphatic rings. The normalized spacial score (nSPS) is 31.4. The highest BCUT2D eigenvalue weighted by Crippen LogP contribution is 2.34. The Morgan fingerprint density at radius 2 is 1.95 bits per heavy atom. The first-order valence-corrected chi connectivity index (χ1v) is 7.32. The van der Waals surface area contributed by atoms with Crippen molar-refractivity contribution < 1.29 is 19.4 Å². The van der Waals surface area contributed by atoms with Crippen LogP contribution in [0.3, 0.4) is 0 Å². The fraction of sp³-hybridized carbons (Fsp3) is 0.562. The lowest BCUT2D eigenvalue weighted by Gasteiger charge is -2.17. The molecule has 114 valence electrons. The van der Waals surface area contributed by atoms with Crippen molar-refractivity contribution in [2.75, 3.05) is 13.2 Å². The van der Waals surface area contributed by atoms with Gasteiger partial charge in [0.15, 0.2) is 5.79 Å². The van der Waals surface area contributed by atoms with E-state index >= 15 is 0 Å². The number of carboxylic acid groups (broad SMARTS) is 1. The standard InChI is InChI=1S/C16H21NO4/c1-16(2)20-9-14(21-16)11-5-3-10(4-6-11)13-7-12(8-17-13)15(18)19/h3-6,12-14,17H,7-9H2,1-2H3,(H,18,19). The van der Waals surface area contributed by atoms with Gasteiger partial charge in [-0.15, -0.1) is 0 Å². The van der Waals surface area contributed by atoms with E-state index in [-0.39, 0.29) is 18.1 Å². The summed E-state index contributed by atoms with van der Waals surface area (Å²) in [6.45, 7) is 4.93. The smallest absolute Gasteiger partial charge is 0.307 e. The van der Waals surface area contributed by atoms with Crippen molar-refractivity contribution in [3.8, 4) is 0 Å². The van der Waals surface area contributed by atoms with Gasteiger partial charge in [0.2, 0.25) is 0 Å². The van der Waals surface area contributed by atoms with Crippen molar-refractivity contribution in [1.82, 2.24) is 5.32 Å². The molecule has 1 aromatic rings. The molecule has 2 fully saturated rings. The van der Waals surface area contributed by atoms with Gasteiger partial charge >= 0.3 is 5.97 Å². The minimum absolute atomic E-state index is 0.0302. The maximum atomic E-state index is 11.0. The molecule has 3 atom stereocenters. The molecular formula is C16H21NO4. The molecule has 2 heterocycles. The summed E-state index contributed by atoms with van der Waals surface area (Å²) in [6, 6.07) is 8.30. The van der Waals surface area contributed by atoms with Crippen molar-refractivity contribution in [3.63, 3.8) is 0 Å². The van der Waals surface area contributed by atoms with Crippen molar-refractivity contribution in [2.24, 2.45) is 5.92 Å². The van der Waals surface area contributed by atoms with Gasteiger partial charge in [0, 0.05) is 12.6 Å². The van der Waals surface area contributed by atoms with E-state index in [1.165, 1.54) is 0 Å². The third-order valence-corrected chi connectivity index (χ3v) is 4.20. The number of carboxylic acids is 1. The number of carbonyl (C=O) groups is 1. The zero-order valence-corrected chi connectivity index (χ0v) is 12.3. The number of aliphatic carboxylic acids is 1. The van der Waals surface area contributed by atoms with Crippen LogP contribution >= 0.6 is 0 Å². The van der Waals surface area contributed by atoms with Crippen molar-refractivity contribution in [2.45, 2.75) is 38.2 Å². The Kier molecular flexibility index (Phi) is 3.73. The number of hydrogen-bond donors (Lipinski definition) is 2. The summed E-state index contributed by atoms with van der Waals surface area (Å²) in [4.78, 5) is 11.0. The number of nitrogens with one attached hydrogen (secondary N) is 1. The van der Waals surface area contributed by atoms with E-state index in [0.29, 0.717) is 19.6 Å². The molecule has 3 rings (SSSR count). The van der Waals surface area contributed by atoms with Crippen LogP contribution in [-0.4, -0.2) is 30.0 Å². The van der Waals surface area contributed by atoms with E-state index in [1.54, 1.807) is 0 Å². The highest BCUT2D eigenvalue weighted by Gasteiger charge is 2.34. The summed E-state index contributed by atoms with van der Waals surface area (Å²) >= 11 is 0. The van der Waals surface area contributed by atoms with Crippen molar-refractivity contribution >= 4 is 5.97 Å². The Balaban J connectivity index is 1.66. The first kappa shape index (κ1) is 14.5. The Bertz CT molecular complexity index is 526. The molecule has 0 saturated carbocycles. The molecule has 0 spiro atoms. The van der Waals surface area contributed by atoms with E-state index in [9.17, 15) is 4.79 Å². The number of benzene rings is 1. The van der Waals surface area contributed by atoms with Gasteiger partial charge in [0.1, 0.15) is 6.10 Å². The topological polar surface area (TPSA) is 67.8 Å². The van der Waals surface area contributed by atoms with E-state index in [1.807, 2.05) is 38.1 Å². The maximum absolute atomic E-state index is 11.0. The van der Waals surface area contributed by atoms with Crippen LogP contribution < -0.4 is 5.32 Å². The summed E-state index contributed by atoms with van der Waals surface area (Å²) in [7, 11) is 0. The van der Waals surface area contributed by atoms with Gasteiger partial charge in [-0.1, -0.05) is 24.3 Å². The molecule has 0 bridgehead atoms. The molecule has 0 amide bonds. The van der Waals surface area contributed by atoms with Gasteiger partial charge in [-0.2, -0.15) is 0 Å². The van der Waals surface area contributed by atoms with Gasteiger partial charge in [-0.3, -0.25) is 4.79 Å². The minimum atomic E-state index is -0.722. The SMILES string of the molecule is CC1(C)OCC(c2ccc(C3CC(C(=O)O)CN3)cc2)O1. The molecule has 5 heteroatoms. The fourth-order valence-electron chi connectivity index (χ4n) is 2.97. The van der Waals surface area contributed by atoms with Crippen molar-refractivity contribution in [3.05, 3.63) is 35.4 Å². The molecule has 2 N–H and O–H groups in total. The molecule has 5 nitrogen and oxygen atoms in total. The average molecular weight is 291 g/mol. The molecule has 2 saturated heterocycles. The van der Waals surface area contributed by atoms with Gasteiger partial charge < -0.3 is 19.9 Å². The molecule has 0 radical (unpaired) electrons. The van der Waals surface area contributed by atoms with Crippen molar-refractivity contribution in [1.29, 1.82) is 0 Å². The Labute approximate surface area is 124 Å². The third kappa shape index (κ3) is 3.10. The highest BCUT2D eigenvalue weighted by atomic mass is 16.7. The molecule has 2 aliphatic heterocycles. The highest BCUT2D eigenvalue weighted by molar-refractivity contribution is 5.70. The Morgan fingerprint density at radius 1 is 1.29 bits per heavy atom. The molecule has 1 aromatic carbocycles. The van der Waals surface area contributed by atoms with Crippen LogP contribution in [0.5, 0.6) is 0 Å². The number of rotatable bonds is 3. The summed E-state index contributed by atoms with van der Waals surface area (Å²) in [5.74, 6) is -1.53. The lowest BCUT2D eigenvalue weighted by molar-refractivity contribution is -0.141. The minimum Gasteiger partial charge on any atom is -0.481 e. The van der Waals surface area contributed by atoms with Crippen LogP contribution in [-0.2, 0) is 14.3 Å². The van der Waals surface area contributed by atoms with Gasteiger partial charge in [-0.05, 0) is 31.4 Å². The second kappa shape index (κ2) is 5.40. The molecular weight excluding hydrogens is 270 g/mol. The largest absolute Gasteiger partial charge is 0.481 e. The van der Waals surface area contributed by atoms with Crippen LogP contribution in [0.2, 0.25) is 0 Å². The van der Waals surface area contributed by atoms with E-state index < -0.39 is 11.8 Å². The van der Waals surface area contributed by atoms with Gasteiger partial charge in [-0.25, -0.2) is 0 Å². The van der Waals surface area contributed by atoms with E-state index in [0.717, 1.165) is 11.1 Å². The molecule has 0 aromatic heterocycles. The van der Waals surface area contributed by atoms with Gasteiger partial charge in [0.05, 0.1) is 12.5 Å². The monoisotopic (exact) mass is 291 g/mol. The lowest BCUT2D eigenvalue weighted by Crippen LogP contribution is -2.19. The Hall–Kier alpha value is -1.43. The van der Waals surface area contributed by atoms with Crippen LogP contribution in [0, 0.1) is 5.92 Å². The van der Waals surface area contributed by atoms with Crippen LogP contribution in [0.25, 0.3) is 0 Å². The summed E-state index contributed by atoms with van der Waals surface area (Å²) in [5, 5.41) is 12.3. The first-order valence-electron chi connectivity index (χ1n) is 7.32. The molecule has 0 aliphatic carbocycles. The number of hydrogen-bond acceptors (Lipinski definition) is 4. The average Bonchev–Trinajstić information content (AvgIpc) is 3.05. The second-order valence-corrected chi connectivity index (χ2v) is 6.22. The van der Waals surface area contributed by atoms with E-state index in [4.69, 9.17) is 14.6 Å². The van der Waals surface area contributed by atoms with Crippen LogP contribution in [0.1, 0.15) is 43.5 Å². The lowest BCUT2D eigenvalue weighted by atomic mass is 9.98. The summed E-state index contributed by atoms with van der Waals surface area (Å²) in [5.41, 5.74) is 2.22. The molecule has 3 unspecified atom stereocenters. The fourth-order valence-corrected chi connectivity index (χ4v) is 2.97. The van der Waals surface area contributed by atoms with E-state index in [2.05, 4.69) is 5.32 Å². The third-order valence-electron chi connectivity index (χ3n) is 4.20. The predicted octanol–water partition coefficient (Wildman–Crippen LogP) is 2.25. The quantitative estimate of drug-likeness (QED) is 0.894. The van der Waals surface area contributed by atoms with Crippen LogP contribution in [0.15, 0.2) is 24.3 Å². The zero-order valence-electron chi connectivity index (χ0n) is 12.3. The second-order valence-electron chi connectivity index (χ2n) is 6.22. The molecule has 21 heavy (non-hydrogen) atoms. The predicted molar refractivity (Wildman–Crippen MR) is 76.8 cm³/mol. The zero-order chi connectivity index (χ0) is 15.0. The first-order chi connectivity index (χ1) is 9.94. The van der Waals surface area contributed by atoms with Gasteiger partial charge in [0.25, 0.3) is 0 Å². The van der Waals surface area contributed by atoms with Crippen LogP contribution in [0.4, 0.5) is 0 Å². The summed E-state index contributed by atoms with van der Waals surface area (Å²) < 4.78 is 11.4. The Morgan fingerprint density at radius 3 is 2.48 bits per heavy atom. The summed E-state index contributed by atoms with van der Waals surface area (Å²) in [6.07, 6.45) is 0.613. The maximum Gasteiger partial charge on any atom is 0.307 e.